The Morgan fingerprint density at radius 2 is 1.50 bits per heavy atom. The van der Waals surface area contributed by atoms with E-state index in [1.165, 1.54) is 11.1 Å². The fraction of sp³-hybridized carbons (Fsp3) is 0.0909. The summed E-state index contributed by atoms with van der Waals surface area (Å²) in [4.78, 5) is 0. The quantitative estimate of drug-likeness (QED) is 0.652. The van der Waals surface area contributed by atoms with E-state index in [1.54, 1.807) is 7.11 Å². The second-order valence-corrected chi connectivity index (χ2v) is 5.77. The third-order valence-electron chi connectivity index (χ3n) is 4.29. The summed E-state index contributed by atoms with van der Waals surface area (Å²) >= 11 is 0. The molecule has 0 unspecified atom stereocenters. The van der Waals surface area contributed by atoms with Crippen molar-refractivity contribution in [3.8, 4) is 5.75 Å². The van der Waals surface area contributed by atoms with E-state index in [2.05, 4.69) is 54.6 Å². The number of fused-ring (bicyclic) bond motifs is 1. The molecule has 0 amide bonds. The van der Waals surface area contributed by atoms with Crippen molar-refractivity contribution in [1.82, 2.24) is 0 Å². The molecule has 1 heterocycles. The highest BCUT2D eigenvalue weighted by molar-refractivity contribution is 5.80. The van der Waals surface area contributed by atoms with E-state index < -0.39 is 0 Å². The Balaban J connectivity index is 1.78. The van der Waals surface area contributed by atoms with Gasteiger partial charge in [-0.15, -0.1) is 0 Å². The molecule has 0 aliphatic carbocycles. The van der Waals surface area contributed by atoms with Crippen molar-refractivity contribution in [2.24, 2.45) is 0 Å². The summed E-state index contributed by atoms with van der Waals surface area (Å²) in [6.45, 7) is 0. The summed E-state index contributed by atoms with van der Waals surface area (Å²) in [5, 5.41) is 0. The van der Waals surface area contributed by atoms with Crippen LogP contribution in [-0.2, 0) is 4.74 Å². The van der Waals surface area contributed by atoms with Gasteiger partial charge in [-0.3, -0.25) is 0 Å². The van der Waals surface area contributed by atoms with Gasteiger partial charge in [-0.25, -0.2) is 0 Å². The van der Waals surface area contributed by atoms with Crippen LogP contribution in [0.5, 0.6) is 5.75 Å². The molecule has 1 aliphatic rings. The maximum absolute atomic E-state index is 6.38. The van der Waals surface area contributed by atoms with Crippen molar-refractivity contribution >= 4 is 11.8 Å². The van der Waals surface area contributed by atoms with Crippen LogP contribution < -0.4 is 4.74 Å². The van der Waals surface area contributed by atoms with E-state index in [0.29, 0.717) is 0 Å². The van der Waals surface area contributed by atoms with E-state index in [-0.39, 0.29) is 6.10 Å². The van der Waals surface area contributed by atoms with Gasteiger partial charge in [0.1, 0.15) is 17.6 Å². The normalized spacial score (nSPS) is 15.9. The smallest absolute Gasteiger partial charge is 0.149 e. The molecule has 0 saturated heterocycles. The summed E-state index contributed by atoms with van der Waals surface area (Å²) in [5.74, 6) is 1.75. The van der Waals surface area contributed by atoms with Crippen LogP contribution in [0.3, 0.4) is 0 Å². The van der Waals surface area contributed by atoms with Crippen molar-refractivity contribution < 1.29 is 9.47 Å². The molecule has 0 saturated carbocycles. The minimum Gasteiger partial charge on any atom is -0.497 e. The highest BCUT2D eigenvalue weighted by Gasteiger charge is 2.24. The summed E-state index contributed by atoms with van der Waals surface area (Å²) in [7, 11) is 1.68. The van der Waals surface area contributed by atoms with Gasteiger partial charge in [0, 0.05) is 11.1 Å². The van der Waals surface area contributed by atoms with Crippen molar-refractivity contribution in [3.63, 3.8) is 0 Å². The lowest BCUT2D eigenvalue weighted by Gasteiger charge is -2.28. The molecule has 3 aromatic carbocycles. The maximum Gasteiger partial charge on any atom is 0.149 e. The molecule has 118 valence electrons. The Bertz CT molecular complexity index is 864. The number of ether oxygens (including phenoxy) is 2. The van der Waals surface area contributed by atoms with Gasteiger partial charge in [0.05, 0.1) is 7.11 Å². The van der Waals surface area contributed by atoms with Crippen LogP contribution in [0, 0.1) is 0 Å². The van der Waals surface area contributed by atoms with E-state index in [0.717, 1.165) is 22.6 Å². The first-order valence-electron chi connectivity index (χ1n) is 8.02. The Morgan fingerprint density at radius 3 is 2.25 bits per heavy atom. The molecule has 4 rings (SSSR count). The van der Waals surface area contributed by atoms with Crippen molar-refractivity contribution in [3.05, 3.63) is 101 Å². The second-order valence-electron chi connectivity index (χ2n) is 5.77. The van der Waals surface area contributed by atoms with Crippen LogP contribution in [0.2, 0.25) is 0 Å². The minimum atomic E-state index is -0.118. The predicted octanol–water partition coefficient (Wildman–Crippen LogP) is 5.31. The SMILES string of the molecule is COc1ccc([C@@H]2OC(c3ccccc3)=Cc3ccccc32)cc1. The first-order chi connectivity index (χ1) is 11.8. The van der Waals surface area contributed by atoms with Crippen molar-refractivity contribution in [2.75, 3.05) is 7.11 Å². The first-order valence-corrected chi connectivity index (χ1v) is 8.02. The molecule has 2 nitrogen and oxygen atoms in total. The molecule has 1 aliphatic heterocycles. The van der Waals surface area contributed by atoms with Gasteiger partial charge in [0.15, 0.2) is 0 Å². The number of methoxy groups -OCH3 is 1. The molecule has 24 heavy (non-hydrogen) atoms. The average molecular weight is 314 g/mol. The van der Waals surface area contributed by atoms with Crippen LogP contribution >= 0.6 is 0 Å². The molecule has 0 radical (unpaired) electrons. The van der Waals surface area contributed by atoms with Crippen molar-refractivity contribution in [1.29, 1.82) is 0 Å². The third-order valence-corrected chi connectivity index (χ3v) is 4.29. The number of rotatable bonds is 3. The molecule has 0 spiro atoms. The molecular weight excluding hydrogens is 296 g/mol. The van der Waals surface area contributed by atoms with Gasteiger partial charge in [0.25, 0.3) is 0 Å². The highest BCUT2D eigenvalue weighted by atomic mass is 16.5. The molecule has 3 aromatic rings. The number of hydrogen-bond donors (Lipinski definition) is 0. The Kier molecular flexibility index (Phi) is 3.80. The molecule has 0 aromatic heterocycles. The molecule has 0 bridgehead atoms. The third kappa shape index (κ3) is 2.67. The fourth-order valence-corrected chi connectivity index (χ4v) is 3.03. The van der Waals surface area contributed by atoms with E-state index in [9.17, 15) is 0 Å². The Morgan fingerprint density at radius 1 is 0.792 bits per heavy atom. The van der Waals surface area contributed by atoms with Gasteiger partial charge in [0.2, 0.25) is 0 Å². The topological polar surface area (TPSA) is 18.5 Å². The predicted molar refractivity (Wildman–Crippen MR) is 96.7 cm³/mol. The van der Waals surface area contributed by atoms with E-state index >= 15 is 0 Å². The summed E-state index contributed by atoms with van der Waals surface area (Å²) in [6, 6.07) is 26.7. The lowest BCUT2D eigenvalue weighted by molar-refractivity contribution is 0.205. The second kappa shape index (κ2) is 6.25. The van der Waals surface area contributed by atoms with E-state index in [1.807, 2.05) is 30.3 Å². The number of benzene rings is 3. The van der Waals surface area contributed by atoms with Crippen LogP contribution in [-0.4, -0.2) is 7.11 Å². The highest BCUT2D eigenvalue weighted by Crippen LogP contribution is 2.39. The van der Waals surface area contributed by atoms with E-state index in [4.69, 9.17) is 9.47 Å². The van der Waals surface area contributed by atoms with Crippen LogP contribution in [0.25, 0.3) is 11.8 Å². The number of hydrogen-bond acceptors (Lipinski definition) is 2. The first kappa shape index (κ1) is 14.6. The Hall–Kier alpha value is -3.00. The van der Waals surface area contributed by atoms with Crippen LogP contribution in [0.4, 0.5) is 0 Å². The molecule has 0 fully saturated rings. The zero-order valence-corrected chi connectivity index (χ0v) is 13.5. The van der Waals surface area contributed by atoms with Crippen molar-refractivity contribution in [2.45, 2.75) is 6.10 Å². The maximum atomic E-state index is 6.38. The van der Waals surface area contributed by atoms with Gasteiger partial charge in [-0.2, -0.15) is 0 Å². The zero-order valence-electron chi connectivity index (χ0n) is 13.5. The van der Waals surface area contributed by atoms with Crippen LogP contribution in [0.1, 0.15) is 28.4 Å². The summed E-state index contributed by atoms with van der Waals surface area (Å²) in [5.41, 5.74) is 4.58. The minimum absolute atomic E-state index is 0.118. The lowest BCUT2D eigenvalue weighted by atomic mass is 9.93. The molecule has 1 atom stereocenters. The molecule has 0 N–H and O–H groups in total. The van der Waals surface area contributed by atoms with Gasteiger partial charge < -0.3 is 9.47 Å². The van der Waals surface area contributed by atoms with Gasteiger partial charge in [-0.1, -0.05) is 66.7 Å². The monoisotopic (exact) mass is 314 g/mol. The standard InChI is InChI=1S/C22H18O2/c1-23-19-13-11-17(12-14-19)22-20-10-6-5-9-18(20)15-21(24-22)16-7-3-2-4-8-16/h2-15,22H,1H3/t22-/m0/s1. The van der Waals surface area contributed by atoms with Crippen LogP contribution in [0.15, 0.2) is 78.9 Å². The van der Waals surface area contributed by atoms with Gasteiger partial charge >= 0.3 is 0 Å². The molecule has 2 heteroatoms. The average Bonchev–Trinajstić information content (AvgIpc) is 2.68. The largest absolute Gasteiger partial charge is 0.497 e. The lowest BCUT2D eigenvalue weighted by Crippen LogP contribution is -2.11. The van der Waals surface area contributed by atoms with Gasteiger partial charge in [-0.05, 0) is 29.3 Å². The zero-order chi connectivity index (χ0) is 16.4. The fourth-order valence-electron chi connectivity index (χ4n) is 3.03. The summed E-state index contributed by atoms with van der Waals surface area (Å²) < 4.78 is 11.6. The summed E-state index contributed by atoms with van der Waals surface area (Å²) in [6.07, 6.45) is 2.00. The Labute approximate surface area is 142 Å². The molecular formula is C22H18O2.